The third-order valence-electron chi connectivity index (χ3n) is 3.50. The molecule has 0 radical (unpaired) electrons. The molecule has 2 aromatic rings. The van der Waals surface area contributed by atoms with E-state index in [9.17, 15) is 4.79 Å². The van der Waals surface area contributed by atoms with Gasteiger partial charge < -0.3 is 24.3 Å². The van der Waals surface area contributed by atoms with Crippen LogP contribution in [0.2, 0.25) is 0 Å². The van der Waals surface area contributed by atoms with Gasteiger partial charge in [-0.15, -0.1) is 0 Å². The molecule has 0 aliphatic carbocycles. The Labute approximate surface area is 160 Å². The molecular weight excluding hydrogens is 346 g/mol. The predicted octanol–water partition coefficient (Wildman–Crippen LogP) is 4.29. The van der Waals surface area contributed by atoms with Gasteiger partial charge in [0.15, 0.2) is 6.61 Å². The van der Waals surface area contributed by atoms with Gasteiger partial charge in [0.25, 0.3) is 5.91 Å². The lowest BCUT2D eigenvalue weighted by molar-refractivity contribution is -0.118. The molecule has 0 saturated carbocycles. The Morgan fingerprint density at radius 1 is 0.815 bits per heavy atom. The minimum Gasteiger partial charge on any atom is -0.494 e. The molecule has 0 atom stereocenters. The molecule has 0 fully saturated rings. The van der Waals surface area contributed by atoms with Crippen LogP contribution in [0.3, 0.4) is 0 Å². The number of carbonyl (C=O) groups is 1. The van der Waals surface area contributed by atoms with Crippen molar-refractivity contribution in [1.29, 1.82) is 0 Å². The van der Waals surface area contributed by atoms with E-state index in [-0.39, 0.29) is 12.5 Å². The number of anilines is 1. The Bertz CT molecular complexity index is 715. The summed E-state index contributed by atoms with van der Waals surface area (Å²) in [6, 6.07) is 12.5. The summed E-state index contributed by atoms with van der Waals surface area (Å²) in [4.78, 5) is 12.3. The Kier molecular flexibility index (Phi) is 8.29. The van der Waals surface area contributed by atoms with Gasteiger partial charge in [0, 0.05) is 6.07 Å². The van der Waals surface area contributed by atoms with Gasteiger partial charge in [0.2, 0.25) is 0 Å². The van der Waals surface area contributed by atoms with Crippen LogP contribution in [0.25, 0.3) is 0 Å². The van der Waals surface area contributed by atoms with Crippen molar-refractivity contribution in [3.63, 3.8) is 0 Å². The molecule has 0 heterocycles. The van der Waals surface area contributed by atoms with E-state index >= 15 is 0 Å². The molecule has 0 aliphatic heterocycles. The van der Waals surface area contributed by atoms with E-state index in [0.29, 0.717) is 42.8 Å². The monoisotopic (exact) mass is 373 g/mol. The summed E-state index contributed by atoms with van der Waals surface area (Å²) in [6.45, 7) is 7.45. The van der Waals surface area contributed by atoms with Crippen molar-refractivity contribution in [3.05, 3.63) is 42.5 Å². The maximum absolute atomic E-state index is 12.3. The largest absolute Gasteiger partial charge is 0.494 e. The second kappa shape index (κ2) is 11.0. The first kappa shape index (κ1) is 20.4. The predicted molar refractivity (Wildman–Crippen MR) is 105 cm³/mol. The normalized spacial score (nSPS) is 10.2. The second-order valence-electron chi connectivity index (χ2n) is 5.68. The Morgan fingerprint density at radius 2 is 1.44 bits per heavy atom. The number of hydrogen-bond donors (Lipinski definition) is 1. The Balaban J connectivity index is 1.93. The van der Waals surface area contributed by atoms with Crippen LogP contribution in [0.1, 0.15) is 27.2 Å². The molecule has 1 N–H and O–H groups in total. The molecule has 6 nitrogen and oxygen atoms in total. The van der Waals surface area contributed by atoms with E-state index in [1.807, 2.05) is 32.0 Å². The topological polar surface area (TPSA) is 66.0 Å². The molecule has 0 unspecified atom stereocenters. The van der Waals surface area contributed by atoms with Gasteiger partial charge in [0.1, 0.15) is 23.0 Å². The number of benzene rings is 2. The van der Waals surface area contributed by atoms with Crippen molar-refractivity contribution >= 4 is 11.6 Å². The smallest absolute Gasteiger partial charge is 0.262 e. The molecule has 0 spiro atoms. The minimum atomic E-state index is -0.282. The van der Waals surface area contributed by atoms with Gasteiger partial charge in [-0.05, 0) is 56.7 Å². The summed E-state index contributed by atoms with van der Waals surface area (Å²) in [5.41, 5.74) is 0.555. The minimum absolute atomic E-state index is 0.112. The van der Waals surface area contributed by atoms with Crippen LogP contribution in [-0.2, 0) is 4.79 Å². The molecular formula is C21H27NO5. The summed E-state index contributed by atoms with van der Waals surface area (Å²) >= 11 is 0. The van der Waals surface area contributed by atoms with Crippen molar-refractivity contribution in [2.45, 2.75) is 27.2 Å². The van der Waals surface area contributed by atoms with Crippen molar-refractivity contribution in [3.8, 4) is 23.0 Å². The molecule has 6 heteroatoms. The molecule has 2 aromatic carbocycles. The first-order valence-electron chi connectivity index (χ1n) is 9.21. The zero-order valence-electron chi connectivity index (χ0n) is 16.1. The van der Waals surface area contributed by atoms with E-state index < -0.39 is 0 Å². The van der Waals surface area contributed by atoms with Gasteiger partial charge in [-0.3, -0.25) is 4.79 Å². The van der Waals surface area contributed by atoms with E-state index in [2.05, 4.69) is 12.2 Å². The SMILES string of the molecule is CCCOc1ccc(OCC(=O)Nc2cc(OCC)ccc2OCC)cc1. The maximum Gasteiger partial charge on any atom is 0.262 e. The van der Waals surface area contributed by atoms with Crippen LogP contribution in [0, 0.1) is 0 Å². The number of hydrogen-bond acceptors (Lipinski definition) is 5. The van der Waals surface area contributed by atoms with Crippen LogP contribution in [0.4, 0.5) is 5.69 Å². The molecule has 27 heavy (non-hydrogen) atoms. The fraction of sp³-hybridized carbons (Fsp3) is 0.381. The lowest BCUT2D eigenvalue weighted by Crippen LogP contribution is -2.20. The highest BCUT2D eigenvalue weighted by Gasteiger charge is 2.10. The first-order chi connectivity index (χ1) is 13.2. The highest BCUT2D eigenvalue weighted by Crippen LogP contribution is 2.29. The third kappa shape index (κ3) is 6.73. The summed E-state index contributed by atoms with van der Waals surface area (Å²) in [5.74, 6) is 2.35. The summed E-state index contributed by atoms with van der Waals surface area (Å²) in [6.07, 6.45) is 0.951. The molecule has 0 saturated heterocycles. The maximum atomic E-state index is 12.3. The van der Waals surface area contributed by atoms with Crippen LogP contribution in [-0.4, -0.2) is 32.3 Å². The summed E-state index contributed by atoms with van der Waals surface area (Å²) in [5, 5.41) is 2.81. The molecule has 0 aliphatic rings. The fourth-order valence-corrected chi connectivity index (χ4v) is 2.33. The van der Waals surface area contributed by atoms with Gasteiger partial charge in [-0.2, -0.15) is 0 Å². The molecule has 2 rings (SSSR count). The third-order valence-corrected chi connectivity index (χ3v) is 3.50. The molecule has 0 aromatic heterocycles. The quantitative estimate of drug-likeness (QED) is 0.636. The zero-order chi connectivity index (χ0) is 19.5. The van der Waals surface area contributed by atoms with E-state index in [4.69, 9.17) is 18.9 Å². The first-order valence-corrected chi connectivity index (χ1v) is 9.21. The molecule has 1 amide bonds. The number of ether oxygens (including phenoxy) is 4. The summed E-state index contributed by atoms with van der Waals surface area (Å²) in [7, 11) is 0. The van der Waals surface area contributed by atoms with Crippen LogP contribution >= 0.6 is 0 Å². The number of carbonyl (C=O) groups excluding carboxylic acids is 1. The lowest BCUT2D eigenvalue weighted by atomic mass is 10.2. The van der Waals surface area contributed by atoms with Crippen molar-refractivity contribution < 1.29 is 23.7 Å². The van der Waals surface area contributed by atoms with Crippen molar-refractivity contribution in [1.82, 2.24) is 0 Å². The van der Waals surface area contributed by atoms with Gasteiger partial charge in [-0.25, -0.2) is 0 Å². The van der Waals surface area contributed by atoms with E-state index in [1.165, 1.54) is 0 Å². The fourth-order valence-electron chi connectivity index (χ4n) is 2.33. The molecule has 146 valence electrons. The van der Waals surface area contributed by atoms with Crippen LogP contribution in [0.5, 0.6) is 23.0 Å². The lowest BCUT2D eigenvalue weighted by Gasteiger charge is -2.14. The Morgan fingerprint density at radius 3 is 2.07 bits per heavy atom. The van der Waals surface area contributed by atoms with E-state index in [0.717, 1.165) is 12.2 Å². The van der Waals surface area contributed by atoms with Gasteiger partial charge >= 0.3 is 0 Å². The number of rotatable bonds is 11. The highest BCUT2D eigenvalue weighted by atomic mass is 16.5. The van der Waals surface area contributed by atoms with Crippen LogP contribution < -0.4 is 24.3 Å². The zero-order valence-corrected chi connectivity index (χ0v) is 16.1. The number of nitrogens with one attached hydrogen (secondary N) is 1. The average Bonchev–Trinajstić information content (AvgIpc) is 2.68. The summed E-state index contributed by atoms with van der Waals surface area (Å²) < 4.78 is 22.1. The van der Waals surface area contributed by atoms with Crippen molar-refractivity contribution in [2.75, 3.05) is 31.7 Å². The number of amides is 1. The van der Waals surface area contributed by atoms with Gasteiger partial charge in [-0.1, -0.05) is 6.92 Å². The molecule has 0 bridgehead atoms. The van der Waals surface area contributed by atoms with Gasteiger partial charge in [0.05, 0.1) is 25.5 Å². The van der Waals surface area contributed by atoms with Crippen LogP contribution in [0.15, 0.2) is 42.5 Å². The Hall–Kier alpha value is -2.89. The van der Waals surface area contributed by atoms with Crippen molar-refractivity contribution in [2.24, 2.45) is 0 Å². The highest BCUT2D eigenvalue weighted by molar-refractivity contribution is 5.93. The average molecular weight is 373 g/mol. The standard InChI is InChI=1S/C21H27NO5/c1-4-13-26-16-7-9-17(10-8-16)27-15-21(23)22-19-14-18(24-5-2)11-12-20(19)25-6-3/h7-12,14H,4-6,13,15H2,1-3H3,(H,22,23). The second-order valence-corrected chi connectivity index (χ2v) is 5.68. The van der Waals surface area contributed by atoms with E-state index in [1.54, 1.807) is 24.3 Å².